The molecule has 70 valence electrons. The molecule has 1 rings (SSSR count). The van der Waals surface area contributed by atoms with Gasteiger partial charge in [0.25, 0.3) is 6.29 Å². The zero-order valence-electron chi connectivity index (χ0n) is 7.41. The van der Waals surface area contributed by atoms with Crippen molar-refractivity contribution < 1.29 is 19.0 Å². The summed E-state index contributed by atoms with van der Waals surface area (Å²) in [6.07, 6.45) is 0.924. The van der Waals surface area contributed by atoms with Crippen LogP contribution in [0.4, 0.5) is 0 Å². The highest BCUT2D eigenvalue weighted by atomic mass is 16.7. The topological polar surface area (TPSA) is 44.8 Å². The zero-order valence-corrected chi connectivity index (χ0v) is 7.41. The summed E-state index contributed by atoms with van der Waals surface area (Å²) in [5, 5.41) is 0. The molecule has 0 spiro atoms. The first-order valence-electron chi connectivity index (χ1n) is 4.12. The maximum absolute atomic E-state index is 11.0. The predicted octanol–water partition coefficient (Wildman–Crippen LogP) is 0.701. The Kier molecular flexibility index (Phi) is 3.49. The molecule has 1 fully saturated rings. The third kappa shape index (κ3) is 2.19. The highest BCUT2D eigenvalue weighted by molar-refractivity contribution is 5.73. The molecular weight excluding hydrogens is 160 g/mol. The normalized spacial score (nSPS) is 30.0. The van der Waals surface area contributed by atoms with E-state index in [0.717, 1.165) is 12.8 Å². The van der Waals surface area contributed by atoms with Crippen LogP contribution in [0.5, 0.6) is 0 Å². The molecule has 0 aromatic carbocycles. The van der Waals surface area contributed by atoms with E-state index in [2.05, 4.69) is 0 Å². The molecule has 2 atom stereocenters. The number of methoxy groups -OCH3 is 1. The second kappa shape index (κ2) is 4.42. The number of esters is 1. The van der Waals surface area contributed by atoms with Crippen LogP contribution in [0, 0.1) is 0 Å². The molecule has 0 N–H and O–H groups in total. The van der Waals surface area contributed by atoms with Crippen LogP contribution in [0.25, 0.3) is 0 Å². The minimum atomic E-state index is -0.821. The average molecular weight is 174 g/mol. The highest BCUT2D eigenvalue weighted by Crippen LogP contribution is 2.13. The van der Waals surface area contributed by atoms with Crippen molar-refractivity contribution in [2.75, 3.05) is 13.7 Å². The van der Waals surface area contributed by atoms with E-state index in [0.29, 0.717) is 6.61 Å². The minimum Gasteiger partial charge on any atom is -0.456 e. The van der Waals surface area contributed by atoms with Gasteiger partial charge in [-0.15, -0.1) is 0 Å². The second-order valence-corrected chi connectivity index (χ2v) is 2.75. The lowest BCUT2D eigenvalue weighted by molar-refractivity contribution is -0.223. The molecule has 4 nitrogen and oxygen atoms in total. The Morgan fingerprint density at radius 2 is 2.42 bits per heavy atom. The number of carbonyl (C=O) groups excluding carboxylic acids is 1. The summed E-state index contributed by atoms with van der Waals surface area (Å²) in [4.78, 5) is 11.0. The average Bonchev–Trinajstić information content (AvgIpc) is 2.05. The third-order valence-corrected chi connectivity index (χ3v) is 1.73. The molecule has 0 bridgehead atoms. The van der Waals surface area contributed by atoms with Crippen LogP contribution in [0.3, 0.4) is 0 Å². The van der Waals surface area contributed by atoms with Gasteiger partial charge in [-0.05, 0) is 6.42 Å². The number of rotatable bonds is 3. The van der Waals surface area contributed by atoms with E-state index in [-0.39, 0.29) is 6.10 Å². The Morgan fingerprint density at radius 3 is 2.92 bits per heavy atom. The first kappa shape index (κ1) is 9.48. The fraction of sp³-hybridized carbons (Fsp3) is 0.875. The number of cyclic esters (lactones) is 1. The molecule has 0 saturated carbocycles. The van der Waals surface area contributed by atoms with Gasteiger partial charge in [0.2, 0.25) is 0 Å². The molecule has 0 unspecified atom stereocenters. The van der Waals surface area contributed by atoms with Gasteiger partial charge in [-0.25, -0.2) is 4.79 Å². The van der Waals surface area contributed by atoms with E-state index in [1.165, 1.54) is 7.11 Å². The standard InChI is InChI=1S/C8H14O4/c1-3-4-6-5-11-8(10-2)7(9)12-6/h6,8H,3-5H2,1-2H3/t6-,8-/m0/s1. The van der Waals surface area contributed by atoms with Gasteiger partial charge in [0, 0.05) is 7.11 Å². The van der Waals surface area contributed by atoms with Gasteiger partial charge >= 0.3 is 5.97 Å². The summed E-state index contributed by atoms with van der Waals surface area (Å²) in [6.45, 7) is 2.48. The fourth-order valence-electron chi connectivity index (χ4n) is 1.15. The summed E-state index contributed by atoms with van der Waals surface area (Å²) in [5.74, 6) is -0.415. The molecule has 1 heterocycles. The SMILES string of the molecule is CCC[C@H]1CO[C@H](OC)C(=O)O1. The number of carbonyl (C=O) groups is 1. The van der Waals surface area contributed by atoms with E-state index in [1.54, 1.807) is 0 Å². The van der Waals surface area contributed by atoms with Gasteiger partial charge in [-0.3, -0.25) is 0 Å². The summed E-state index contributed by atoms with van der Waals surface area (Å²) in [5.41, 5.74) is 0. The minimum absolute atomic E-state index is 0.0890. The van der Waals surface area contributed by atoms with Crippen LogP contribution in [0.2, 0.25) is 0 Å². The second-order valence-electron chi connectivity index (χ2n) is 2.75. The number of hydrogen-bond acceptors (Lipinski definition) is 4. The zero-order chi connectivity index (χ0) is 8.97. The Morgan fingerprint density at radius 1 is 1.67 bits per heavy atom. The van der Waals surface area contributed by atoms with Crippen molar-refractivity contribution in [1.29, 1.82) is 0 Å². The van der Waals surface area contributed by atoms with Crippen molar-refractivity contribution in [3.63, 3.8) is 0 Å². The summed E-state index contributed by atoms with van der Waals surface area (Å²) in [7, 11) is 1.42. The Labute approximate surface area is 71.8 Å². The van der Waals surface area contributed by atoms with Crippen LogP contribution in [-0.4, -0.2) is 32.1 Å². The van der Waals surface area contributed by atoms with E-state index in [4.69, 9.17) is 14.2 Å². The van der Waals surface area contributed by atoms with Crippen LogP contribution in [0.1, 0.15) is 19.8 Å². The maximum atomic E-state index is 11.0. The van der Waals surface area contributed by atoms with Crippen LogP contribution in [0.15, 0.2) is 0 Å². The van der Waals surface area contributed by atoms with Crippen molar-refractivity contribution in [3.8, 4) is 0 Å². The van der Waals surface area contributed by atoms with Gasteiger partial charge < -0.3 is 14.2 Å². The van der Waals surface area contributed by atoms with Gasteiger partial charge in [-0.1, -0.05) is 13.3 Å². The Hall–Kier alpha value is -0.610. The Balaban J connectivity index is 2.35. The van der Waals surface area contributed by atoms with Gasteiger partial charge in [0.15, 0.2) is 0 Å². The lowest BCUT2D eigenvalue weighted by atomic mass is 10.2. The van der Waals surface area contributed by atoms with E-state index in [9.17, 15) is 4.79 Å². The number of hydrogen-bond donors (Lipinski definition) is 0. The third-order valence-electron chi connectivity index (χ3n) is 1.73. The van der Waals surface area contributed by atoms with Crippen LogP contribution >= 0.6 is 0 Å². The molecule has 12 heavy (non-hydrogen) atoms. The molecule has 0 amide bonds. The van der Waals surface area contributed by atoms with E-state index < -0.39 is 12.3 Å². The molecule has 1 aliphatic rings. The van der Waals surface area contributed by atoms with E-state index >= 15 is 0 Å². The van der Waals surface area contributed by atoms with Gasteiger partial charge in [-0.2, -0.15) is 0 Å². The largest absolute Gasteiger partial charge is 0.456 e. The molecule has 4 heteroatoms. The van der Waals surface area contributed by atoms with Crippen LogP contribution < -0.4 is 0 Å². The molecule has 1 saturated heterocycles. The lowest BCUT2D eigenvalue weighted by Gasteiger charge is -2.27. The first-order valence-corrected chi connectivity index (χ1v) is 4.12. The molecule has 0 aromatic heterocycles. The molecule has 0 radical (unpaired) electrons. The first-order chi connectivity index (χ1) is 5.77. The van der Waals surface area contributed by atoms with Crippen molar-refractivity contribution in [2.45, 2.75) is 32.2 Å². The monoisotopic (exact) mass is 174 g/mol. The van der Waals surface area contributed by atoms with Crippen molar-refractivity contribution >= 4 is 5.97 Å². The predicted molar refractivity (Wildman–Crippen MR) is 41.5 cm³/mol. The molecule has 1 aliphatic heterocycles. The molecular formula is C8H14O4. The summed E-state index contributed by atoms with van der Waals surface area (Å²) < 4.78 is 14.9. The molecule has 0 aromatic rings. The maximum Gasteiger partial charge on any atom is 0.363 e. The van der Waals surface area contributed by atoms with Crippen molar-refractivity contribution in [3.05, 3.63) is 0 Å². The van der Waals surface area contributed by atoms with Gasteiger partial charge in [0.05, 0.1) is 6.61 Å². The smallest absolute Gasteiger partial charge is 0.363 e. The summed E-state index contributed by atoms with van der Waals surface area (Å²) >= 11 is 0. The van der Waals surface area contributed by atoms with Crippen molar-refractivity contribution in [2.24, 2.45) is 0 Å². The quantitative estimate of drug-likeness (QED) is 0.591. The number of ether oxygens (including phenoxy) is 3. The van der Waals surface area contributed by atoms with Crippen LogP contribution in [-0.2, 0) is 19.0 Å². The Bertz CT molecular complexity index is 157. The van der Waals surface area contributed by atoms with E-state index in [1.807, 2.05) is 6.92 Å². The molecule has 0 aliphatic carbocycles. The fourth-order valence-corrected chi connectivity index (χ4v) is 1.15. The summed E-state index contributed by atoms with van der Waals surface area (Å²) in [6, 6.07) is 0. The highest BCUT2D eigenvalue weighted by Gasteiger charge is 2.30. The van der Waals surface area contributed by atoms with Gasteiger partial charge in [0.1, 0.15) is 6.10 Å². The van der Waals surface area contributed by atoms with Crippen molar-refractivity contribution in [1.82, 2.24) is 0 Å². The lowest BCUT2D eigenvalue weighted by Crippen LogP contribution is -2.40.